The topological polar surface area (TPSA) is 38.3 Å². The van der Waals surface area contributed by atoms with E-state index < -0.39 is 0 Å². The van der Waals surface area contributed by atoms with Gasteiger partial charge in [0, 0.05) is 6.54 Å². The van der Waals surface area contributed by atoms with E-state index in [-0.39, 0.29) is 5.97 Å². The lowest BCUT2D eigenvalue weighted by Gasteiger charge is -2.17. The number of esters is 1. The standard InChI is InChI=1S/C16H15NO2/c18-16(19-15-4-2-1-3-5-15)13-6-7-14-11-17-9-8-12(14)10-13/h1-7,10,17H,8-9,11H2. The number of hydrogen-bond acceptors (Lipinski definition) is 3. The molecule has 0 saturated heterocycles. The van der Waals surface area contributed by atoms with Gasteiger partial charge in [-0.3, -0.25) is 0 Å². The molecule has 1 aliphatic heterocycles. The second-order valence-electron chi connectivity index (χ2n) is 4.61. The summed E-state index contributed by atoms with van der Waals surface area (Å²) in [5.74, 6) is 0.277. The molecule has 0 radical (unpaired) electrons. The van der Waals surface area contributed by atoms with E-state index in [1.165, 1.54) is 11.1 Å². The molecule has 0 unspecified atom stereocenters. The molecule has 0 amide bonds. The Hall–Kier alpha value is -2.13. The first kappa shape index (κ1) is 11.9. The first-order valence-corrected chi connectivity index (χ1v) is 6.43. The number of benzene rings is 2. The Balaban J connectivity index is 1.80. The van der Waals surface area contributed by atoms with Gasteiger partial charge in [0.2, 0.25) is 0 Å². The average molecular weight is 253 g/mol. The zero-order valence-corrected chi connectivity index (χ0v) is 10.6. The molecule has 0 spiro atoms. The minimum Gasteiger partial charge on any atom is -0.423 e. The first-order chi connectivity index (χ1) is 9.33. The molecule has 0 bridgehead atoms. The van der Waals surface area contributed by atoms with Crippen LogP contribution in [0, 0.1) is 0 Å². The summed E-state index contributed by atoms with van der Waals surface area (Å²) in [7, 11) is 0. The van der Waals surface area contributed by atoms with Crippen LogP contribution in [-0.2, 0) is 13.0 Å². The minimum atomic E-state index is -0.299. The minimum absolute atomic E-state index is 0.299. The molecule has 3 heteroatoms. The quantitative estimate of drug-likeness (QED) is 0.660. The van der Waals surface area contributed by atoms with E-state index in [0.29, 0.717) is 11.3 Å². The number of fused-ring (bicyclic) bond motifs is 1. The summed E-state index contributed by atoms with van der Waals surface area (Å²) in [4.78, 5) is 12.1. The lowest BCUT2D eigenvalue weighted by molar-refractivity contribution is 0.0734. The number of hydrogen-bond donors (Lipinski definition) is 1. The van der Waals surface area contributed by atoms with Crippen molar-refractivity contribution in [3.05, 3.63) is 65.2 Å². The molecule has 3 rings (SSSR count). The summed E-state index contributed by atoms with van der Waals surface area (Å²) in [6.45, 7) is 1.84. The summed E-state index contributed by atoms with van der Waals surface area (Å²) in [6.07, 6.45) is 0.960. The largest absolute Gasteiger partial charge is 0.423 e. The summed E-state index contributed by atoms with van der Waals surface area (Å²) in [6, 6.07) is 14.9. The van der Waals surface area contributed by atoms with Crippen LogP contribution in [0.3, 0.4) is 0 Å². The zero-order chi connectivity index (χ0) is 13.1. The normalized spacial score (nSPS) is 13.7. The van der Waals surface area contributed by atoms with Crippen LogP contribution in [0.5, 0.6) is 5.75 Å². The van der Waals surface area contributed by atoms with E-state index in [2.05, 4.69) is 5.32 Å². The maximum Gasteiger partial charge on any atom is 0.343 e. The Morgan fingerprint density at radius 2 is 1.89 bits per heavy atom. The Labute approximate surface area is 112 Å². The fourth-order valence-corrected chi connectivity index (χ4v) is 2.26. The van der Waals surface area contributed by atoms with Gasteiger partial charge in [-0.25, -0.2) is 4.79 Å². The fourth-order valence-electron chi connectivity index (χ4n) is 2.26. The average Bonchev–Trinajstić information content (AvgIpc) is 2.48. The van der Waals surface area contributed by atoms with E-state index in [9.17, 15) is 4.79 Å². The number of rotatable bonds is 2. The third-order valence-corrected chi connectivity index (χ3v) is 3.28. The van der Waals surface area contributed by atoms with E-state index >= 15 is 0 Å². The van der Waals surface area contributed by atoms with Crippen molar-refractivity contribution in [3.63, 3.8) is 0 Å². The van der Waals surface area contributed by atoms with Crippen molar-refractivity contribution in [1.82, 2.24) is 5.32 Å². The molecule has 0 aliphatic carbocycles. The highest BCUT2D eigenvalue weighted by atomic mass is 16.5. The van der Waals surface area contributed by atoms with Gasteiger partial charge in [-0.1, -0.05) is 24.3 Å². The third-order valence-electron chi connectivity index (χ3n) is 3.28. The monoisotopic (exact) mass is 253 g/mol. The predicted octanol–water partition coefficient (Wildman–Crippen LogP) is 2.55. The Morgan fingerprint density at radius 3 is 2.74 bits per heavy atom. The van der Waals surface area contributed by atoms with Crippen molar-refractivity contribution in [2.75, 3.05) is 6.54 Å². The van der Waals surface area contributed by atoms with Gasteiger partial charge in [0.05, 0.1) is 5.56 Å². The molecule has 1 aliphatic rings. The SMILES string of the molecule is O=C(Oc1ccccc1)c1ccc2c(c1)CCNC2. The van der Waals surface area contributed by atoms with Crippen molar-refractivity contribution in [3.8, 4) is 5.75 Å². The van der Waals surface area contributed by atoms with Crippen LogP contribution in [0.1, 0.15) is 21.5 Å². The highest BCUT2D eigenvalue weighted by Crippen LogP contribution is 2.18. The van der Waals surface area contributed by atoms with E-state index in [1.807, 2.05) is 36.4 Å². The maximum atomic E-state index is 12.1. The number of nitrogens with one attached hydrogen (secondary N) is 1. The molecule has 3 nitrogen and oxygen atoms in total. The van der Waals surface area contributed by atoms with Gasteiger partial charge in [-0.05, 0) is 48.4 Å². The van der Waals surface area contributed by atoms with Crippen LogP contribution in [0.4, 0.5) is 0 Å². The Morgan fingerprint density at radius 1 is 1.05 bits per heavy atom. The van der Waals surface area contributed by atoms with Gasteiger partial charge in [0.1, 0.15) is 5.75 Å². The van der Waals surface area contributed by atoms with Crippen LogP contribution >= 0.6 is 0 Å². The lowest BCUT2D eigenvalue weighted by atomic mass is 9.98. The van der Waals surface area contributed by atoms with Gasteiger partial charge in [-0.2, -0.15) is 0 Å². The van der Waals surface area contributed by atoms with E-state index in [4.69, 9.17) is 4.74 Å². The second kappa shape index (κ2) is 5.24. The molecule has 1 N–H and O–H groups in total. The Bertz CT molecular complexity index is 593. The highest BCUT2D eigenvalue weighted by molar-refractivity contribution is 5.91. The van der Waals surface area contributed by atoms with Crippen LogP contribution in [0.15, 0.2) is 48.5 Å². The first-order valence-electron chi connectivity index (χ1n) is 6.43. The smallest absolute Gasteiger partial charge is 0.343 e. The molecule has 1 heterocycles. The van der Waals surface area contributed by atoms with Crippen molar-refractivity contribution in [2.24, 2.45) is 0 Å². The number of carbonyl (C=O) groups excluding carboxylic acids is 1. The molecule has 0 atom stereocenters. The molecule has 0 aromatic heterocycles. The van der Waals surface area contributed by atoms with Gasteiger partial charge in [-0.15, -0.1) is 0 Å². The number of carbonyl (C=O) groups is 1. The summed E-state index contributed by atoms with van der Waals surface area (Å²) in [5, 5.41) is 3.31. The van der Waals surface area contributed by atoms with Gasteiger partial charge in [0.15, 0.2) is 0 Å². The molecule has 0 saturated carbocycles. The number of para-hydroxylation sites is 1. The fraction of sp³-hybridized carbons (Fsp3) is 0.188. The van der Waals surface area contributed by atoms with Crippen molar-refractivity contribution in [2.45, 2.75) is 13.0 Å². The lowest BCUT2D eigenvalue weighted by Crippen LogP contribution is -2.24. The molecule has 2 aromatic rings. The third kappa shape index (κ3) is 2.66. The number of ether oxygens (including phenoxy) is 1. The zero-order valence-electron chi connectivity index (χ0n) is 10.6. The van der Waals surface area contributed by atoms with Crippen molar-refractivity contribution >= 4 is 5.97 Å². The molecule has 96 valence electrons. The molecule has 2 aromatic carbocycles. The van der Waals surface area contributed by atoms with Crippen LogP contribution in [0.2, 0.25) is 0 Å². The molecule has 19 heavy (non-hydrogen) atoms. The van der Waals surface area contributed by atoms with Crippen LogP contribution in [-0.4, -0.2) is 12.5 Å². The van der Waals surface area contributed by atoms with E-state index in [1.54, 1.807) is 12.1 Å². The van der Waals surface area contributed by atoms with Gasteiger partial charge in [0.25, 0.3) is 0 Å². The van der Waals surface area contributed by atoms with Crippen molar-refractivity contribution in [1.29, 1.82) is 0 Å². The molecule has 0 fully saturated rings. The Kier molecular flexibility index (Phi) is 3.29. The summed E-state index contributed by atoms with van der Waals surface area (Å²) in [5.41, 5.74) is 3.12. The maximum absolute atomic E-state index is 12.1. The van der Waals surface area contributed by atoms with Crippen molar-refractivity contribution < 1.29 is 9.53 Å². The van der Waals surface area contributed by atoms with Crippen LogP contribution < -0.4 is 10.1 Å². The van der Waals surface area contributed by atoms with E-state index in [0.717, 1.165) is 19.5 Å². The van der Waals surface area contributed by atoms with Gasteiger partial charge < -0.3 is 10.1 Å². The summed E-state index contributed by atoms with van der Waals surface area (Å²) < 4.78 is 5.34. The second-order valence-corrected chi connectivity index (χ2v) is 4.61. The molecular formula is C16H15NO2. The van der Waals surface area contributed by atoms with Crippen LogP contribution in [0.25, 0.3) is 0 Å². The highest BCUT2D eigenvalue weighted by Gasteiger charge is 2.13. The predicted molar refractivity (Wildman–Crippen MR) is 73.3 cm³/mol. The van der Waals surface area contributed by atoms with Gasteiger partial charge >= 0.3 is 5.97 Å². The summed E-state index contributed by atoms with van der Waals surface area (Å²) >= 11 is 0. The molecular weight excluding hydrogens is 238 g/mol.